The molecule has 0 aromatic rings. The first kappa shape index (κ1) is 34.0. The van der Waals surface area contributed by atoms with Crippen LogP contribution in [0.1, 0.15) is 51.4 Å². The summed E-state index contributed by atoms with van der Waals surface area (Å²) < 4.78 is 0. The van der Waals surface area contributed by atoms with E-state index < -0.39 is 66.1 Å². The summed E-state index contributed by atoms with van der Waals surface area (Å²) in [7, 11) is 0. The van der Waals surface area contributed by atoms with Crippen molar-refractivity contribution in [2.45, 2.75) is 75.5 Å². The smallest absolute Gasteiger partial charge is 0.326 e. The van der Waals surface area contributed by atoms with Crippen LogP contribution in [0.3, 0.4) is 0 Å². The number of nitrogens with one attached hydrogen (secondary N) is 3. The molecule has 0 rings (SSSR count). The van der Waals surface area contributed by atoms with Gasteiger partial charge in [0.2, 0.25) is 29.5 Å². The van der Waals surface area contributed by atoms with Crippen molar-refractivity contribution in [1.82, 2.24) is 16.0 Å². The number of carboxylic acid groups (broad SMARTS) is 1. The maximum Gasteiger partial charge on any atom is 0.326 e. The van der Waals surface area contributed by atoms with E-state index in [1.165, 1.54) is 0 Å². The van der Waals surface area contributed by atoms with Gasteiger partial charge in [0.1, 0.15) is 18.1 Å². The summed E-state index contributed by atoms with van der Waals surface area (Å²) in [5, 5.41) is 16.4. The summed E-state index contributed by atoms with van der Waals surface area (Å²) in [6.07, 6.45) is 0.443. The molecule has 0 bridgehead atoms. The molecule has 0 saturated carbocycles. The molecule has 5 amide bonds. The third-order valence-corrected chi connectivity index (χ3v) is 5.22. The van der Waals surface area contributed by atoms with E-state index in [2.05, 4.69) is 20.9 Å². The van der Waals surface area contributed by atoms with Crippen molar-refractivity contribution in [2.24, 2.45) is 39.4 Å². The number of rotatable bonds is 20. The Kier molecular flexibility index (Phi) is 16.4. The van der Waals surface area contributed by atoms with E-state index >= 15 is 0 Å². The van der Waals surface area contributed by atoms with Gasteiger partial charge in [-0.3, -0.25) is 29.0 Å². The molecule has 0 aliphatic carbocycles. The van der Waals surface area contributed by atoms with Crippen LogP contribution < -0.4 is 50.4 Å². The van der Waals surface area contributed by atoms with Gasteiger partial charge >= 0.3 is 5.97 Å². The first-order valence-electron chi connectivity index (χ1n) is 12.0. The molecular formula is C21H40N10O7. The number of hydrogen-bond donors (Lipinski definition) is 10. The van der Waals surface area contributed by atoms with Gasteiger partial charge < -0.3 is 55.5 Å². The summed E-state index contributed by atoms with van der Waals surface area (Å²) in [6, 6.07) is -5.24. The van der Waals surface area contributed by atoms with E-state index in [0.717, 1.165) is 0 Å². The monoisotopic (exact) mass is 544 g/mol. The van der Waals surface area contributed by atoms with Crippen molar-refractivity contribution in [3.8, 4) is 0 Å². The van der Waals surface area contributed by atoms with E-state index in [1.807, 2.05) is 0 Å². The number of primary amides is 2. The van der Waals surface area contributed by atoms with Crippen LogP contribution in [0.15, 0.2) is 4.99 Å². The highest BCUT2D eigenvalue weighted by molar-refractivity contribution is 5.96. The number of carbonyl (C=O) groups excluding carboxylic acids is 5. The van der Waals surface area contributed by atoms with Crippen molar-refractivity contribution in [1.29, 1.82) is 0 Å². The Morgan fingerprint density at radius 3 is 1.82 bits per heavy atom. The fourth-order valence-corrected chi connectivity index (χ4v) is 3.19. The molecule has 0 heterocycles. The molecule has 17 nitrogen and oxygen atoms in total. The first-order valence-corrected chi connectivity index (χ1v) is 12.0. The molecule has 0 fully saturated rings. The second kappa shape index (κ2) is 18.3. The maximum atomic E-state index is 13.0. The van der Waals surface area contributed by atoms with Crippen LogP contribution in [0.2, 0.25) is 0 Å². The molecule has 38 heavy (non-hydrogen) atoms. The molecule has 0 aromatic heterocycles. The van der Waals surface area contributed by atoms with Gasteiger partial charge in [-0.05, 0) is 38.6 Å². The van der Waals surface area contributed by atoms with Crippen LogP contribution in [0.25, 0.3) is 0 Å². The molecule has 0 aliphatic rings. The molecule has 0 radical (unpaired) electrons. The Labute approximate surface area is 219 Å². The van der Waals surface area contributed by atoms with Crippen molar-refractivity contribution >= 4 is 41.5 Å². The van der Waals surface area contributed by atoms with Gasteiger partial charge in [-0.2, -0.15) is 0 Å². The lowest BCUT2D eigenvalue weighted by molar-refractivity contribution is -0.142. The molecule has 0 aliphatic heterocycles. The fraction of sp³-hybridized carbons (Fsp3) is 0.667. The molecule has 0 spiro atoms. The van der Waals surface area contributed by atoms with Gasteiger partial charge in [0.25, 0.3) is 0 Å². The fourth-order valence-electron chi connectivity index (χ4n) is 3.19. The predicted molar refractivity (Wildman–Crippen MR) is 136 cm³/mol. The zero-order valence-electron chi connectivity index (χ0n) is 21.2. The Morgan fingerprint density at radius 2 is 1.29 bits per heavy atom. The Bertz CT molecular complexity index is 863. The molecule has 17 heteroatoms. The van der Waals surface area contributed by atoms with Gasteiger partial charge in [-0.1, -0.05) is 6.42 Å². The van der Waals surface area contributed by atoms with Crippen LogP contribution >= 0.6 is 0 Å². The molecule has 4 atom stereocenters. The number of carbonyl (C=O) groups is 6. The Balaban J connectivity index is 5.62. The van der Waals surface area contributed by atoms with Gasteiger partial charge in [0.05, 0.1) is 12.5 Å². The van der Waals surface area contributed by atoms with Crippen LogP contribution in [-0.4, -0.2) is 83.8 Å². The quantitative estimate of drug-likeness (QED) is 0.0393. The van der Waals surface area contributed by atoms with Gasteiger partial charge in [0.15, 0.2) is 5.96 Å². The van der Waals surface area contributed by atoms with Gasteiger partial charge in [-0.15, -0.1) is 0 Å². The molecule has 16 N–H and O–H groups in total. The number of aliphatic carboxylic acids is 1. The highest BCUT2D eigenvalue weighted by atomic mass is 16.4. The second-order valence-corrected chi connectivity index (χ2v) is 8.54. The molecule has 4 unspecified atom stereocenters. The lowest BCUT2D eigenvalue weighted by Crippen LogP contribution is -2.57. The number of aliphatic imine (C=N–C) groups is 1. The highest BCUT2D eigenvalue weighted by Gasteiger charge is 2.31. The minimum atomic E-state index is -1.47. The third-order valence-electron chi connectivity index (χ3n) is 5.22. The van der Waals surface area contributed by atoms with E-state index in [1.54, 1.807) is 0 Å². The lowest BCUT2D eigenvalue weighted by Gasteiger charge is -2.24. The second-order valence-electron chi connectivity index (χ2n) is 8.54. The van der Waals surface area contributed by atoms with Crippen LogP contribution in [0, 0.1) is 0 Å². The number of nitrogens with zero attached hydrogens (tertiary/aromatic N) is 1. The summed E-state index contributed by atoms with van der Waals surface area (Å²) >= 11 is 0. The average molecular weight is 545 g/mol. The van der Waals surface area contributed by atoms with Crippen molar-refractivity contribution in [2.75, 3.05) is 13.1 Å². The molecular weight excluding hydrogens is 504 g/mol. The third kappa shape index (κ3) is 15.2. The average Bonchev–Trinajstić information content (AvgIpc) is 2.82. The molecule has 0 aromatic carbocycles. The summed E-state index contributed by atoms with van der Waals surface area (Å²) in [5.74, 6) is -5.84. The van der Waals surface area contributed by atoms with Crippen molar-refractivity contribution < 1.29 is 33.9 Å². The van der Waals surface area contributed by atoms with Crippen LogP contribution in [0.5, 0.6) is 0 Å². The largest absolute Gasteiger partial charge is 0.480 e. The van der Waals surface area contributed by atoms with E-state index in [-0.39, 0.29) is 44.6 Å². The normalized spacial score (nSPS) is 13.7. The van der Waals surface area contributed by atoms with Crippen LogP contribution in [-0.2, 0) is 28.8 Å². The standard InChI is InChI=1S/C21H40N10O7/c22-8-2-1-4-11(23)17(34)31-14(10-16(25)33)19(36)29-12(5-3-9-28-21(26)27)18(35)30-13(20(37)38)6-7-15(24)32/h11-14H,1-10,22-23H2,(H2,24,32)(H2,25,33)(H,29,36)(H,30,35)(H,31,34)(H,37,38)(H4,26,27,28). The maximum absolute atomic E-state index is 13.0. The number of guanidine groups is 1. The number of carboxylic acids is 1. The molecule has 0 saturated heterocycles. The number of amides is 5. The van der Waals surface area contributed by atoms with E-state index in [0.29, 0.717) is 19.4 Å². The van der Waals surface area contributed by atoms with Crippen molar-refractivity contribution in [3.05, 3.63) is 0 Å². The molecule has 216 valence electrons. The minimum Gasteiger partial charge on any atom is -0.480 e. The van der Waals surface area contributed by atoms with Crippen LogP contribution in [0.4, 0.5) is 0 Å². The lowest BCUT2D eigenvalue weighted by atomic mass is 10.1. The zero-order chi connectivity index (χ0) is 29.3. The zero-order valence-corrected chi connectivity index (χ0v) is 21.2. The van der Waals surface area contributed by atoms with E-state index in [4.69, 9.17) is 34.4 Å². The number of hydrogen-bond acceptors (Lipinski definition) is 9. The topological polar surface area (TPSA) is 327 Å². The number of nitrogens with two attached hydrogens (primary N) is 6. The van der Waals surface area contributed by atoms with Gasteiger partial charge in [-0.25, -0.2) is 4.79 Å². The van der Waals surface area contributed by atoms with E-state index in [9.17, 15) is 33.9 Å². The van der Waals surface area contributed by atoms with Crippen molar-refractivity contribution in [3.63, 3.8) is 0 Å². The minimum absolute atomic E-state index is 0.0493. The summed E-state index contributed by atoms with van der Waals surface area (Å²) in [4.78, 5) is 76.2. The number of unbranched alkanes of at least 4 members (excludes halogenated alkanes) is 1. The Morgan fingerprint density at radius 1 is 0.711 bits per heavy atom. The Hall–Kier alpha value is -3.99. The van der Waals surface area contributed by atoms with Gasteiger partial charge in [0, 0.05) is 13.0 Å². The summed E-state index contributed by atoms with van der Waals surface area (Å²) in [6.45, 7) is 0.504. The predicted octanol–water partition coefficient (Wildman–Crippen LogP) is -4.82. The SMILES string of the molecule is NCCCCC(N)C(=O)NC(CC(N)=O)C(=O)NC(CCCN=C(N)N)C(=O)NC(CCC(N)=O)C(=O)O. The highest BCUT2D eigenvalue weighted by Crippen LogP contribution is 2.05. The first-order chi connectivity index (χ1) is 17.8. The summed E-state index contributed by atoms with van der Waals surface area (Å²) in [5.41, 5.74) is 32.1.